The summed E-state index contributed by atoms with van der Waals surface area (Å²) < 4.78 is 33.0. The van der Waals surface area contributed by atoms with Crippen molar-refractivity contribution in [3.05, 3.63) is 94.1 Å². The molecule has 4 rings (SSSR count). The molecule has 0 radical (unpaired) electrons. The smallest absolute Gasteiger partial charge is 0.264 e. The number of nitrogens with zero attached hydrogens (tertiary/aromatic N) is 3. The molecular formula is C26H22Cl2N4O4S. The molecule has 0 spiro atoms. The quantitative estimate of drug-likeness (QED) is 0.182. The lowest BCUT2D eigenvalue weighted by atomic mass is 10.1. The van der Waals surface area contributed by atoms with Gasteiger partial charge >= 0.3 is 0 Å². The standard InChI is InChI=1S/C26H22Cl2N4O4S/c1-17-3-11-23(12-4-17)37(34,35)32(21-8-6-20(27)7-9-21)16-25(33)31-29-15-19-13-18-5-10-22(36-2)14-24(18)30-26(19)28/h3-15H,16H2,1-2H3,(H,31,33)/b29-15-. The Kier molecular flexibility index (Phi) is 7.97. The van der Waals surface area contributed by atoms with Crippen molar-refractivity contribution in [3.8, 4) is 5.75 Å². The second-order valence-corrected chi connectivity index (χ2v) is 10.7. The Labute approximate surface area is 224 Å². The van der Waals surface area contributed by atoms with Crippen LogP contribution in [0.1, 0.15) is 11.1 Å². The van der Waals surface area contributed by atoms with Crippen molar-refractivity contribution in [1.82, 2.24) is 10.4 Å². The number of ether oxygens (including phenoxy) is 1. The molecule has 11 heteroatoms. The van der Waals surface area contributed by atoms with E-state index in [0.29, 0.717) is 21.9 Å². The summed E-state index contributed by atoms with van der Waals surface area (Å²) in [5.74, 6) is -0.00734. The molecule has 1 aromatic heterocycles. The van der Waals surface area contributed by atoms with Gasteiger partial charge in [-0.15, -0.1) is 0 Å². The number of carbonyl (C=O) groups excluding carboxylic acids is 1. The Bertz CT molecular complexity index is 1580. The van der Waals surface area contributed by atoms with Crippen molar-refractivity contribution in [3.63, 3.8) is 0 Å². The number of methoxy groups -OCH3 is 1. The number of hydrogen-bond donors (Lipinski definition) is 1. The van der Waals surface area contributed by atoms with E-state index in [1.54, 1.807) is 49.6 Å². The molecule has 190 valence electrons. The van der Waals surface area contributed by atoms with Crippen molar-refractivity contribution >= 4 is 61.9 Å². The number of fused-ring (bicyclic) bond motifs is 1. The second-order valence-electron chi connectivity index (χ2n) is 8.02. The first-order valence-corrected chi connectivity index (χ1v) is 13.2. The highest BCUT2D eigenvalue weighted by molar-refractivity contribution is 7.92. The average Bonchev–Trinajstić information content (AvgIpc) is 2.88. The highest BCUT2D eigenvalue weighted by Gasteiger charge is 2.27. The molecule has 0 aliphatic carbocycles. The Morgan fingerprint density at radius 1 is 1.05 bits per heavy atom. The number of hydrazone groups is 1. The van der Waals surface area contributed by atoms with Crippen LogP contribution in [0.2, 0.25) is 10.2 Å². The van der Waals surface area contributed by atoms with Crippen molar-refractivity contribution < 1.29 is 17.9 Å². The van der Waals surface area contributed by atoms with E-state index in [1.165, 1.54) is 30.5 Å². The molecule has 0 atom stereocenters. The normalized spacial score (nSPS) is 11.6. The molecule has 37 heavy (non-hydrogen) atoms. The van der Waals surface area contributed by atoms with Gasteiger partial charge < -0.3 is 4.74 Å². The monoisotopic (exact) mass is 556 g/mol. The molecule has 0 fully saturated rings. The van der Waals surface area contributed by atoms with Crippen molar-refractivity contribution in [2.45, 2.75) is 11.8 Å². The number of carbonyl (C=O) groups is 1. The number of pyridine rings is 1. The lowest BCUT2D eigenvalue weighted by Crippen LogP contribution is -2.39. The van der Waals surface area contributed by atoms with E-state index >= 15 is 0 Å². The highest BCUT2D eigenvalue weighted by atomic mass is 35.5. The minimum Gasteiger partial charge on any atom is -0.497 e. The van der Waals surface area contributed by atoms with Gasteiger partial charge in [-0.3, -0.25) is 9.10 Å². The predicted molar refractivity (Wildman–Crippen MR) is 146 cm³/mol. The Balaban J connectivity index is 1.55. The lowest BCUT2D eigenvalue weighted by Gasteiger charge is -2.23. The first kappa shape index (κ1) is 26.4. The fraction of sp³-hybridized carbons (Fsp3) is 0.115. The number of amides is 1. The summed E-state index contributed by atoms with van der Waals surface area (Å²) in [4.78, 5) is 17.1. The largest absolute Gasteiger partial charge is 0.497 e. The SMILES string of the molecule is COc1ccc2cc(/C=N\NC(=O)CN(c3ccc(Cl)cc3)S(=O)(=O)c3ccc(C)cc3)c(Cl)nc2c1. The van der Waals surface area contributed by atoms with E-state index in [2.05, 4.69) is 15.5 Å². The van der Waals surface area contributed by atoms with Crippen LogP contribution >= 0.6 is 23.2 Å². The summed E-state index contributed by atoms with van der Waals surface area (Å²) in [5, 5.41) is 5.37. The molecule has 1 N–H and O–H groups in total. The molecule has 4 aromatic rings. The van der Waals surface area contributed by atoms with Gasteiger partial charge in [0.15, 0.2) is 0 Å². The van der Waals surface area contributed by atoms with Crippen molar-refractivity contribution in [2.24, 2.45) is 5.10 Å². The van der Waals surface area contributed by atoms with Crippen molar-refractivity contribution in [2.75, 3.05) is 18.0 Å². The third kappa shape index (κ3) is 6.19. The number of anilines is 1. The highest BCUT2D eigenvalue weighted by Crippen LogP contribution is 2.26. The van der Waals surface area contributed by atoms with Crippen LogP contribution in [0.4, 0.5) is 5.69 Å². The van der Waals surface area contributed by atoms with Crippen LogP contribution in [0.15, 0.2) is 82.8 Å². The lowest BCUT2D eigenvalue weighted by molar-refractivity contribution is -0.119. The number of rotatable bonds is 8. The Hall–Kier alpha value is -3.66. The molecule has 3 aromatic carbocycles. The third-order valence-electron chi connectivity index (χ3n) is 5.41. The van der Waals surface area contributed by atoms with E-state index in [9.17, 15) is 13.2 Å². The maximum atomic E-state index is 13.4. The van der Waals surface area contributed by atoms with Crippen molar-refractivity contribution in [1.29, 1.82) is 0 Å². The van der Waals surface area contributed by atoms with Crippen LogP contribution in [0.3, 0.4) is 0 Å². The van der Waals surface area contributed by atoms with E-state index in [4.69, 9.17) is 27.9 Å². The maximum absolute atomic E-state index is 13.4. The van der Waals surface area contributed by atoms with Gasteiger partial charge in [0, 0.05) is 22.0 Å². The molecule has 0 saturated heterocycles. The van der Waals surface area contributed by atoms with Gasteiger partial charge in [-0.1, -0.05) is 40.9 Å². The molecule has 0 bridgehead atoms. The fourth-order valence-corrected chi connectivity index (χ4v) is 5.20. The van der Waals surface area contributed by atoms with Gasteiger partial charge in [0.1, 0.15) is 17.4 Å². The molecule has 1 amide bonds. The first-order chi connectivity index (χ1) is 17.7. The van der Waals surface area contributed by atoms with E-state index in [-0.39, 0.29) is 15.7 Å². The molecule has 0 aliphatic rings. The van der Waals surface area contributed by atoms with Crippen LogP contribution in [-0.2, 0) is 14.8 Å². The predicted octanol–water partition coefficient (Wildman–Crippen LogP) is 5.20. The van der Waals surface area contributed by atoms with Crippen LogP contribution < -0.4 is 14.5 Å². The first-order valence-electron chi connectivity index (χ1n) is 11.0. The van der Waals surface area contributed by atoms with Crippen LogP contribution in [-0.4, -0.2) is 39.2 Å². The van der Waals surface area contributed by atoms with Crippen LogP contribution in [0.25, 0.3) is 10.9 Å². The number of aromatic nitrogens is 1. The number of nitrogens with one attached hydrogen (secondary N) is 1. The zero-order valence-corrected chi connectivity index (χ0v) is 22.2. The summed E-state index contributed by atoms with van der Waals surface area (Å²) in [6.07, 6.45) is 1.35. The van der Waals surface area contributed by atoms with Gasteiger partial charge in [-0.2, -0.15) is 5.10 Å². The van der Waals surface area contributed by atoms with E-state index in [1.807, 2.05) is 13.0 Å². The zero-order chi connectivity index (χ0) is 26.6. The summed E-state index contributed by atoms with van der Waals surface area (Å²) >= 11 is 12.2. The molecule has 1 heterocycles. The van der Waals surface area contributed by atoms with E-state index < -0.39 is 22.5 Å². The van der Waals surface area contributed by atoms with Gasteiger partial charge in [-0.25, -0.2) is 18.8 Å². The molecule has 0 unspecified atom stereocenters. The zero-order valence-electron chi connectivity index (χ0n) is 19.9. The summed E-state index contributed by atoms with van der Waals surface area (Å²) in [6, 6.07) is 19.7. The third-order valence-corrected chi connectivity index (χ3v) is 7.75. The average molecular weight is 557 g/mol. The fourth-order valence-electron chi connectivity index (χ4n) is 3.46. The Morgan fingerprint density at radius 3 is 2.43 bits per heavy atom. The summed E-state index contributed by atoms with van der Waals surface area (Å²) in [6.45, 7) is 1.34. The van der Waals surface area contributed by atoms with Gasteiger partial charge in [0.2, 0.25) is 0 Å². The number of hydrogen-bond acceptors (Lipinski definition) is 6. The Morgan fingerprint density at radius 2 is 1.76 bits per heavy atom. The van der Waals surface area contributed by atoms with Gasteiger partial charge in [0.25, 0.3) is 15.9 Å². The van der Waals surface area contributed by atoms with Gasteiger partial charge in [-0.05, 0) is 61.5 Å². The minimum absolute atomic E-state index is 0.0509. The van der Waals surface area contributed by atoms with Crippen LogP contribution in [0, 0.1) is 6.92 Å². The van der Waals surface area contributed by atoms with Crippen LogP contribution in [0.5, 0.6) is 5.75 Å². The number of halogens is 2. The number of benzene rings is 3. The summed E-state index contributed by atoms with van der Waals surface area (Å²) in [5.41, 5.74) is 4.66. The van der Waals surface area contributed by atoms with E-state index in [0.717, 1.165) is 15.3 Å². The molecule has 0 saturated carbocycles. The van der Waals surface area contributed by atoms with Gasteiger partial charge in [0.05, 0.1) is 29.4 Å². The molecular weight excluding hydrogens is 535 g/mol. The molecule has 0 aliphatic heterocycles. The minimum atomic E-state index is -4.06. The number of aryl methyl sites for hydroxylation is 1. The summed E-state index contributed by atoms with van der Waals surface area (Å²) in [7, 11) is -2.49. The second kappa shape index (κ2) is 11.2. The number of sulfonamides is 1. The topological polar surface area (TPSA) is 101 Å². The maximum Gasteiger partial charge on any atom is 0.264 e. The molecule has 8 nitrogen and oxygen atoms in total.